The lowest BCUT2D eigenvalue weighted by atomic mass is 9.83. The lowest BCUT2D eigenvalue weighted by Crippen LogP contribution is -2.39. The van der Waals surface area contributed by atoms with Crippen molar-refractivity contribution in [2.45, 2.75) is 25.7 Å². The molecule has 1 aliphatic carbocycles. The van der Waals surface area contributed by atoms with Gasteiger partial charge in [0.25, 0.3) is 11.8 Å². The molecule has 20 heavy (non-hydrogen) atoms. The summed E-state index contributed by atoms with van der Waals surface area (Å²) in [6.07, 6.45) is 5.16. The highest BCUT2D eigenvalue weighted by molar-refractivity contribution is 6.18. The molecule has 1 N–H and O–H groups in total. The van der Waals surface area contributed by atoms with Gasteiger partial charge in [0, 0.05) is 11.1 Å². The van der Waals surface area contributed by atoms with E-state index in [-0.39, 0.29) is 17.6 Å². The number of halogens is 1. The van der Waals surface area contributed by atoms with Gasteiger partial charge in [0.1, 0.15) is 5.82 Å². The van der Waals surface area contributed by atoms with Crippen molar-refractivity contribution in [2.75, 3.05) is 0 Å². The van der Waals surface area contributed by atoms with Crippen LogP contribution in [0.3, 0.4) is 0 Å². The lowest BCUT2D eigenvalue weighted by molar-refractivity contribution is -0.127. The molecule has 0 unspecified atom stereocenters. The number of nitrogens with one attached hydrogen (secondary N) is 1. The molecule has 2 amide bonds. The molecular formula is C16H14FNO2. The van der Waals surface area contributed by atoms with Gasteiger partial charge in [-0.3, -0.25) is 14.9 Å². The molecule has 0 saturated carbocycles. The van der Waals surface area contributed by atoms with Gasteiger partial charge >= 0.3 is 0 Å². The van der Waals surface area contributed by atoms with E-state index in [4.69, 9.17) is 0 Å². The Kier molecular flexibility index (Phi) is 3.22. The van der Waals surface area contributed by atoms with Crippen LogP contribution in [0.1, 0.15) is 31.2 Å². The Hall–Kier alpha value is -2.23. The molecule has 0 saturated heterocycles. The van der Waals surface area contributed by atoms with Gasteiger partial charge < -0.3 is 0 Å². The summed E-state index contributed by atoms with van der Waals surface area (Å²) in [6, 6.07) is 5.95. The molecule has 2 aliphatic rings. The fraction of sp³-hybridized carbons (Fsp3) is 0.250. The normalized spacial score (nSPS) is 20.9. The molecule has 102 valence electrons. The number of carbonyl (C=O) groups excluding carboxylic acids is 2. The summed E-state index contributed by atoms with van der Waals surface area (Å²) in [5, 5.41) is 2.38. The Labute approximate surface area is 116 Å². The highest BCUT2D eigenvalue weighted by Crippen LogP contribution is 2.33. The second-order valence-electron chi connectivity index (χ2n) is 5.06. The summed E-state index contributed by atoms with van der Waals surface area (Å²) in [6.45, 7) is 0. The zero-order valence-corrected chi connectivity index (χ0v) is 10.9. The summed E-state index contributed by atoms with van der Waals surface area (Å²) < 4.78 is 12.9. The van der Waals surface area contributed by atoms with Gasteiger partial charge in [0.05, 0.1) is 0 Å². The molecule has 1 aliphatic heterocycles. The van der Waals surface area contributed by atoms with Crippen LogP contribution in [0, 0.1) is 5.82 Å². The first kappa shape index (κ1) is 12.8. The van der Waals surface area contributed by atoms with Crippen molar-refractivity contribution in [3.05, 3.63) is 52.4 Å². The molecule has 0 radical (unpaired) electrons. The summed E-state index contributed by atoms with van der Waals surface area (Å²) in [5.74, 6) is -0.936. The summed E-state index contributed by atoms with van der Waals surface area (Å²) >= 11 is 0. The monoisotopic (exact) mass is 271 g/mol. The third-order valence-corrected chi connectivity index (χ3v) is 3.72. The molecule has 1 heterocycles. The number of amides is 2. The van der Waals surface area contributed by atoms with Crippen molar-refractivity contribution < 1.29 is 14.0 Å². The van der Waals surface area contributed by atoms with Crippen LogP contribution < -0.4 is 5.32 Å². The number of hydrogen-bond donors (Lipinski definition) is 1. The zero-order valence-electron chi connectivity index (χ0n) is 10.9. The van der Waals surface area contributed by atoms with Crippen LogP contribution in [0.2, 0.25) is 0 Å². The maximum Gasteiger partial charge on any atom is 0.258 e. The molecule has 0 aromatic heterocycles. The van der Waals surface area contributed by atoms with Crippen LogP contribution in [-0.4, -0.2) is 11.8 Å². The first-order valence-electron chi connectivity index (χ1n) is 6.70. The molecule has 0 atom stereocenters. The second kappa shape index (κ2) is 5.04. The van der Waals surface area contributed by atoms with E-state index in [0.717, 1.165) is 42.4 Å². The predicted octanol–water partition coefficient (Wildman–Crippen LogP) is 2.74. The highest BCUT2D eigenvalue weighted by atomic mass is 19.1. The van der Waals surface area contributed by atoms with E-state index in [1.807, 2.05) is 0 Å². The lowest BCUT2D eigenvalue weighted by Gasteiger charge is -2.25. The Morgan fingerprint density at radius 3 is 2.30 bits per heavy atom. The third kappa shape index (κ3) is 2.29. The smallest absolute Gasteiger partial charge is 0.258 e. The minimum absolute atomic E-state index is 0.263. The van der Waals surface area contributed by atoms with Crippen LogP contribution >= 0.6 is 0 Å². The Morgan fingerprint density at radius 1 is 0.950 bits per heavy atom. The molecule has 4 heteroatoms. The van der Waals surface area contributed by atoms with Crippen molar-refractivity contribution in [1.29, 1.82) is 0 Å². The number of benzene rings is 1. The van der Waals surface area contributed by atoms with Gasteiger partial charge in [-0.15, -0.1) is 0 Å². The van der Waals surface area contributed by atoms with Gasteiger partial charge in [0.2, 0.25) is 0 Å². The standard InChI is InChI=1S/C16H14FNO2/c17-11-7-5-10(6-8-11)9-14-12-3-1-2-4-13(12)15(19)18-16(14)20/h5-9H,1-4H2,(H,18,19,20)/b14-9-. The van der Waals surface area contributed by atoms with Crippen molar-refractivity contribution >= 4 is 17.9 Å². The van der Waals surface area contributed by atoms with Crippen molar-refractivity contribution in [1.82, 2.24) is 5.32 Å². The average Bonchev–Trinajstić information content (AvgIpc) is 2.45. The van der Waals surface area contributed by atoms with E-state index in [1.54, 1.807) is 18.2 Å². The van der Waals surface area contributed by atoms with Gasteiger partial charge in [-0.25, -0.2) is 4.39 Å². The van der Waals surface area contributed by atoms with Gasteiger partial charge in [-0.1, -0.05) is 12.1 Å². The maximum absolute atomic E-state index is 12.9. The first-order chi connectivity index (χ1) is 9.65. The molecular weight excluding hydrogens is 257 g/mol. The molecule has 3 rings (SSSR count). The van der Waals surface area contributed by atoms with E-state index in [2.05, 4.69) is 5.32 Å². The number of rotatable bonds is 1. The highest BCUT2D eigenvalue weighted by Gasteiger charge is 2.30. The molecule has 1 aromatic rings. The van der Waals surface area contributed by atoms with E-state index in [1.165, 1.54) is 12.1 Å². The fourth-order valence-electron chi connectivity index (χ4n) is 2.71. The molecule has 0 fully saturated rings. The largest absolute Gasteiger partial charge is 0.288 e. The van der Waals surface area contributed by atoms with E-state index >= 15 is 0 Å². The Morgan fingerprint density at radius 2 is 1.60 bits per heavy atom. The van der Waals surface area contributed by atoms with E-state index in [9.17, 15) is 14.0 Å². The van der Waals surface area contributed by atoms with Crippen LogP contribution in [0.25, 0.3) is 6.08 Å². The minimum Gasteiger partial charge on any atom is -0.288 e. The second-order valence-corrected chi connectivity index (χ2v) is 5.06. The maximum atomic E-state index is 12.9. The summed E-state index contributed by atoms with van der Waals surface area (Å²) in [5.41, 5.74) is 2.87. The minimum atomic E-state index is -0.361. The average molecular weight is 271 g/mol. The van der Waals surface area contributed by atoms with Crippen LogP contribution in [0.4, 0.5) is 4.39 Å². The topological polar surface area (TPSA) is 46.2 Å². The molecule has 3 nitrogen and oxygen atoms in total. The molecule has 1 aromatic carbocycles. The van der Waals surface area contributed by atoms with Crippen LogP contribution in [0.15, 0.2) is 41.0 Å². The van der Waals surface area contributed by atoms with Gasteiger partial charge in [0.15, 0.2) is 0 Å². The number of carbonyl (C=O) groups is 2. The van der Waals surface area contributed by atoms with Crippen molar-refractivity contribution in [3.63, 3.8) is 0 Å². The number of imide groups is 1. The molecule has 0 bridgehead atoms. The van der Waals surface area contributed by atoms with Crippen molar-refractivity contribution in [2.24, 2.45) is 0 Å². The van der Waals surface area contributed by atoms with Crippen molar-refractivity contribution in [3.8, 4) is 0 Å². The van der Waals surface area contributed by atoms with Crippen LogP contribution in [0.5, 0.6) is 0 Å². The Bertz CT molecular complexity index is 641. The SMILES string of the molecule is O=C1NC(=O)/C(=C\c2ccc(F)cc2)C2=C1CCCC2. The van der Waals surface area contributed by atoms with Crippen LogP contribution in [-0.2, 0) is 9.59 Å². The van der Waals surface area contributed by atoms with E-state index in [0.29, 0.717) is 5.57 Å². The fourth-order valence-corrected chi connectivity index (χ4v) is 2.71. The van der Waals surface area contributed by atoms with Gasteiger partial charge in [-0.05, 0) is 55.0 Å². The number of hydrogen-bond acceptors (Lipinski definition) is 2. The first-order valence-corrected chi connectivity index (χ1v) is 6.70. The predicted molar refractivity (Wildman–Crippen MR) is 73.0 cm³/mol. The Balaban J connectivity index is 2.06. The quantitative estimate of drug-likeness (QED) is 0.630. The summed E-state index contributed by atoms with van der Waals surface area (Å²) in [4.78, 5) is 23.8. The third-order valence-electron chi connectivity index (χ3n) is 3.72. The van der Waals surface area contributed by atoms with Gasteiger partial charge in [-0.2, -0.15) is 0 Å². The summed E-state index contributed by atoms with van der Waals surface area (Å²) in [7, 11) is 0. The zero-order chi connectivity index (χ0) is 14.1. The molecule has 0 spiro atoms. The van der Waals surface area contributed by atoms with E-state index < -0.39 is 0 Å².